The molecule has 1 heterocycles. The lowest BCUT2D eigenvalue weighted by Crippen LogP contribution is -2.44. The van der Waals surface area contributed by atoms with Gasteiger partial charge in [0.2, 0.25) is 5.91 Å². The fourth-order valence-corrected chi connectivity index (χ4v) is 0.872. The van der Waals surface area contributed by atoms with Crippen molar-refractivity contribution in [3.8, 4) is 0 Å². The van der Waals surface area contributed by atoms with E-state index in [1.165, 1.54) is 0 Å². The van der Waals surface area contributed by atoms with Crippen molar-refractivity contribution < 1.29 is 45.1 Å². The molecule has 8 nitrogen and oxygen atoms in total. The minimum atomic E-state index is -5.08. The van der Waals surface area contributed by atoms with Crippen molar-refractivity contribution in [2.24, 2.45) is 0 Å². The molecular weight excluding hydrogens is 275 g/mol. The number of alkyl halides is 3. The van der Waals surface area contributed by atoms with Gasteiger partial charge in [-0.15, -0.1) is 4.28 Å². The largest absolute Gasteiger partial charge is 0.490 e. The van der Waals surface area contributed by atoms with E-state index in [9.17, 15) is 26.4 Å². The summed E-state index contributed by atoms with van der Waals surface area (Å²) in [6.45, 7) is 0.207. The Kier molecular flexibility index (Phi) is 4.85. The Hall–Kier alpha value is -1.40. The van der Waals surface area contributed by atoms with E-state index in [2.05, 4.69) is 4.28 Å². The average molecular weight is 281 g/mol. The predicted octanol–water partition coefficient (Wildman–Crippen LogP) is -0.414. The number of aliphatic carboxylic acids is 1. The van der Waals surface area contributed by atoms with Gasteiger partial charge in [0.05, 0.1) is 6.54 Å². The summed E-state index contributed by atoms with van der Waals surface area (Å²) in [7, 11) is -4.51. The molecule has 0 bridgehead atoms. The Morgan fingerprint density at radius 1 is 1.41 bits per heavy atom. The second-order valence-corrected chi connectivity index (χ2v) is 3.56. The van der Waals surface area contributed by atoms with Crippen LogP contribution in [0.3, 0.4) is 0 Å². The highest BCUT2D eigenvalue weighted by molar-refractivity contribution is 7.80. The molecule has 1 saturated heterocycles. The molecule has 12 heteroatoms. The zero-order valence-electron chi connectivity index (χ0n) is 7.84. The Morgan fingerprint density at radius 3 is 1.88 bits per heavy atom. The second kappa shape index (κ2) is 5.29. The van der Waals surface area contributed by atoms with Crippen LogP contribution in [0.5, 0.6) is 0 Å². The third-order valence-corrected chi connectivity index (χ3v) is 1.60. The number of hydrogen-bond acceptors (Lipinski definition) is 5. The van der Waals surface area contributed by atoms with Gasteiger partial charge in [-0.25, -0.2) is 9.86 Å². The summed E-state index contributed by atoms with van der Waals surface area (Å²) in [5, 5.41) is 7.70. The topological polar surface area (TPSA) is 121 Å². The van der Waals surface area contributed by atoms with Crippen LogP contribution < -0.4 is 0 Å². The van der Waals surface area contributed by atoms with Crippen molar-refractivity contribution in [1.29, 1.82) is 0 Å². The highest BCUT2D eigenvalue weighted by atomic mass is 32.3. The van der Waals surface area contributed by atoms with Crippen LogP contribution in [0.25, 0.3) is 0 Å². The summed E-state index contributed by atoms with van der Waals surface area (Å²) >= 11 is 0. The highest BCUT2D eigenvalue weighted by Gasteiger charge is 2.38. The molecule has 0 aromatic heterocycles. The van der Waals surface area contributed by atoms with Crippen LogP contribution in [0.4, 0.5) is 13.2 Å². The van der Waals surface area contributed by atoms with Gasteiger partial charge in [0.1, 0.15) is 0 Å². The molecule has 0 atom stereocenters. The Morgan fingerprint density at radius 2 is 1.82 bits per heavy atom. The number of nitrogens with zero attached hydrogens (tertiary/aromatic N) is 1. The van der Waals surface area contributed by atoms with Crippen molar-refractivity contribution in [2.75, 3.05) is 6.54 Å². The molecule has 1 aliphatic heterocycles. The fourth-order valence-electron chi connectivity index (χ4n) is 0.487. The Labute approximate surface area is 92.5 Å². The van der Waals surface area contributed by atoms with Gasteiger partial charge in [0.15, 0.2) is 0 Å². The van der Waals surface area contributed by atoms with E-state index >= 15 is 0 Å². The summed E-state index contributed by atoms with van der Waals surface area (Å²) in [6.07, 6.45) is -4.82. The van der Waals surface area contributed by atoms with Crippen LogP contribution in [-0.2, 0) is 24.3 Å². The summed E-state index contributed by atoms with van der Waals surface area (Å²) < 4.78 is 63.4. The summed E-state index contributed by atoms with van der Waals surface area (Å²) in [5.41, 5.74) is 0. The number of carboxylic acids is 1. The normalized spacial score (nSPS) is 15.8. The molecule has 0 unspecified atom stereocenters. The summed E-state index contributed by atoms with van der Waals surface area (Å²) in [5.74, 6) is -3.20. The van der Waals surface area contributed by atoms with Gasteiger partial charge in [-0.1, -0.05) is 0 Å². The van der Waals surface area contributed by atoms with E-state index in [4.69, 9.17) is 14.5 Å². The van der Waals surface area contributed by atoms with Crippen LogP contribution >= 0.6 is 0 Å². The molecule has 100 valence electrons. The molecule has 0 radical (unpaired) electrons. The molecule has 0 aromatic carbocycles. The second-order valence-electron chi connectivity index (χ2n) is 2.55. The molecule has 17 heavy (non-hydrogen) atoms. The predicted molar refractivity (Wildman–Crippen MR) is 42.7 cm³/mol. The molecule has 0 aromatic rings. The zero-order valence-corrected chi connectivity index (χ0v) is 8.66. The van der Waals surface area contributed by atoms with Gasteiger partial charge in [0, 0.05) is 6.42 Å². The van der Waals surface area contributed by atoms with Gasteiger partial charge < -0.3 is 5.11 Å². The standard InChI is InChI=1S/C3H5NO5S.C2HF3O2/c5-3-1-2-4(3)9-10(6,7)8;3-2(4,5)1(6)7/h1-2H2,(H,6,7,8);(H,6,7). The van der Waals surface area contributed by atoms with Crippen molar-refractivity contribution in [1.82, 2.24) is 5.06 Å². The SMILES string of the molecule is O=C(O)C(F)(F)F.O=C1CCN1OS(=O)(=O)O. The number of halogens is 3. The minimum Gasteiger partial charge on any atom is -0.475 e. The molecule has 0 spiro atoms. The van der Waals surface area contributed by atoms with E-state index < -0.39 is 28.5 Å². The molecule has 2 N–H and O–H groups in total. The monoisotopic (exact) mass is 281 g/mol. The van der Waals surface area contributed by atoms with Crippen LogP contribution in [0, 0.1) is 0 Å². The van der Waals surface area contributed by atoms with Gasteiger partial charge >= 0.3 is 22.5 Å². The molecule has 1 aliphatic rings. The van der Waals surface area contributed by atoms with E-state index in [0.717, 1.165) is 0 Å². The van der Waals surface area contributed by atoms with Crippen molar-refractivity contribution in [3.05, 3.63) is 0 Å². The molecule has 1 rings (SSSR count). The Bertz CT molecular complexity index is 402. The first-order valence-corrected chi connectivity index (χ1v) is 5.07. The first-order valence-electron chi connectivity index (χ1n) is 3.71. The molecule has 0 saturated carbocycles. The van der Waals surface area contributed by atoms with Crippen LogP contribution in [0.2, 0.25) is 0 Å². The van der Waals surface area contributed by atoms with E-state index in [-0.39, 0.29) is 13.0 Å². The van der Waals surface area contributed by atoms with Crippen LogP contribution in [-0.4, -0.2) is 47.7 Å². The van der Waals surface area contributed by atoms with E-state index in [1.54, 1.807) is 0 Å². The lowest BCUT2D eigenvalue weighted by atomic mass is 10.3. The maximum atomic E-state index is 10.6. The van der Waals surface area contributed by atoms with E-state index in [1.807, 2.05) is 0 Å². The van der Waals surface area contributed by atoms with Gasteiger partial charge in [-0.3, -0.25) is 9.35 Å². The van der Waals surface area contributed by atoms with Gasteiger partial charge in [-0.2, -0.15) is 21.6 Å². The third kappa shape index (κ3) is 6.70. The maximum Gasteiger partial charge on any atom is 0.490 e. The fraction of sp³-hybridized carbons (Fsp3) is 0.600. The molecule has 1 amide bonds. The number of amides is 1. The number of carboxylic acid groups (broad SMARTS) is 1. The van der Waals surface area contributed by atoms with Crippen molar-refractivity contribution >= 4 is 22.3 Å². The smallest absolute Gasteiger partial charge is 0.475 e. The third-order valence-electron chi connectivity index (χ3n) is 1.23. The number of hydrogen-bond donors (Lipinski definition) is 2. The number of carbonyl (C=O) groups excluding carboxylic acids is 1. The Balaban J connectivity index is 0.000000325. The molecule has 0 aliphatic carbocycles. The van der Waals surface area contributed by atoms with E-state index in [0.29, 0.717) is 5.06 Å². The summed E-state index contributed by atoms with van der Waals surface area (Å²) in [4.78, 5) is 19.2. The number of hydroxylamine groups is 2. The quantitative estimate of drug-likeness (QED) is 0.521. The summed E-state index contributed by atoms with van der Waals surface area (Å²) in [6, 6.07) is 0. The minimum absolute atomic E-state index is 0.207. The lowest BCUT2D eigenvalue weighted by Gasteiger charge is -2.26. The van der Waals surface area contributed by atoms with Crippen molar-refractivity contribution in [2.45, 2.75) is 12.6 Å². The number of β-lactam (4-membered cyclic amide) rings is 1. The first kappa shape index (κ1) is 15.6. The zero-order chi connectivity index (χ0) is 13.9. The number of rotatable bonds is 2. The van der Waals surface area contributed by atoms with Crippen LogP contribution in [0.1, 0.15) is 6.42 Å². The van der Waals surface area contributed by atoms with Gasteiger partial charge in [0.25, 0.3) is 0 Å². The maximum absolute atomic E-state index is 10.6. The lowest BCUT2D eigenvalue weighted by molar-refractivity contribution is -0.192. The van der Waals surface area contributed by atoms with Crippen LogP contribution in [0.15, 0.2) is 0 Å². The van der Waals surface area contributed by atoms with Crippen molar-refractivity contribution in [3.63, 3.8) is 0 Å². The highest BCUT2D eigenvalue weighted by Crippen LogP contribution is 2.13. The van der Waals surface area contributed by atoms with Gasteiger partial charge in [-0.05, 0) is 0 Å². The molecule has 1 fully saturated rings. The molecular formula is C5H6F3NO7S. The first-order chi connectivity index (χ1) is 7.43. The number of carbonyl (C=O) groups is 2. The average Bonchev–Trinajstić information content (AvgIpc) is 2.10.